The van der Waals surface area contributed by atoms with Gasteiger partial charge in [-0.1, -0.05) is 25.0 Å². The molecule has 0 aromatic heterocycles. The third-order valence-corrected chi connectivity index (χ3v) is 5.77. The van der Waals surface area contributed by atoms with Gasteiger partial charge in [0.1, 0.15) is 0 Å². The lowest BCUT2D eigenvalue weighted by atomic mass is 9.79. The van der Waals surface area contributed by atoms with Crippen molar-refractivity contribution in [2.45, 2.75) is 59.0 Å². The summed E-state index contributed by atoms with van der Waals surface area (Å²) < 4.78 is 0. The molecule has 16 heavy (non-hydrogen) atoms. The molecule has 4 atom stereocenters. The summed E-state index contributed by atoms with van der Waals surface area (Å²) in [6.45, 7) is 9.19. The Morgan fingerprint density at radius 2 is 1.88 bits per heavy atom. The van der Waals surface area contributed by atoms with Crippen molar-refractivity contribution < 1.29 is 5.11 Å². The lowest BCUT2D eigenvalue weighted by Gasteiger charge is -2.32. The average Bonchev–Trinajstić information content (AvgIpc) is 2.51. The van der Waals surface area contributed by atoms with Gasteiger partial charge in [0, 0.05) is 5.92 Å². The van der Waals surface area contributed by atoms with Gasteiger partial charge in [-0.05, 0) is 56.8 Å². The molecule has 1 N–H and O–H groups in total. The van der Waals surface area contributed by atoms with Crippen molar-refractivity contribution >= 4 is 0 Å². The number of hydrogen-bond donors (Lipinski definition) is 1. The molecule has 90 valence electrons. The molecule has 0 aliphatic heterocycles. The lowest BCUT2D eigenvalue weighted by molar-refractivity contribution is 0.00354. The molecule has 3 aliphatic carbocycles. The summed E-state index contributed by atoms with van der Waals surface area (Å²) in [5.74, 6) is 2.09. The highest BCUT2D eigenvalue weighted by molar-refractivity contribution is 5.36. The van der Waals surface area contributed by atoms with Crippen LogP contribution in [0.25, 0.3) is 0 Å². The van der Waals surface area contributed by atoms with Crippen LogP contribution in [0.3, 0.4) is 0 Å². The zero-order valence-corrected chi connectivity index (χ0v) is 11.0. The molecule has 0 aromatic rings. The van der Waals surface area contributed by atoms with E-state index in [0.29, 0.717) is 11.3 Å². The van der Waals surface area contributed by atoms with E-state index in [2.05, 4.69) is 27.7 Å². The van der Waals surface area contributed by atoms with Crippen LogP contribution in [0.4, 0.5) is 0 Å². The van der Waals surface area contributed by atoms with Gasteiger partial charge in [0.2, 0.25) is 0 Å². The maximum atomic E-state index is 10.6. The van der Waals surface area contributed by atoms with E-state index in [-0.39, 0.29) is 0 Å². The van der Waals surface area contributed by atoms with Gasteiger partial charge in [-0.2, -0.15) is 0 Å². The first-order valence-electron chi connectivity index (χ1n) is 6.77. The molecule has 1 heteroatoms. The fraction of sp³-hybridized carbons (Fsp3) is 0.867. The Labute approximate surface area is 98.9 Å². The molecule has 3 aliphatic rings. The molecule has 0 aromatic carbocycles. The first-order valence-corrected chi connectivity index (χ1v) is 6.77. The highest BCUT2D eigenvalue weighted by Gasteiger charge is 2.63. The van der Waals surface area contributed by atoms with Gasteiger partial charge in [0.25, 0.3) is 0 Å². The summed E-state index contributed by atoms with van der Waals surface area (Å²) >= 11 is 0. The first kappa shape index (κ1) is 10.8. The largest absolute Gasteiger partial charge is 0.390 e. The predicted octanol–water partition coefficient (Wildman–Crippen LogP) is 3.53. The van der Waals surface area contributed by atoms with E-state index in [4.69, 9.17) is 0 Å². The Morgan fingerprint density at radius 1 is 1.19 bits per heavy atom. The molecule has 0 saturated heterocycles. The van der Waals surface area contributed by atoms with Crippen molar-refractivity contribution in [2.75, 3.05) is 0 Å². The highest BCUT2D eigenvalue weighted by atomic mass is 16.3. The topological polar surface area (TPSA) is 20.2 Å². The Balaban J connectivity index is 2.03. The van der Waals surface area contributed by atoms with E-state index in [9.17, 15) is 5.11 Å². The van der Waals surface area contributed by atoms with Crippen molar-refractivity contribution in [3.8, 4) is 0 Å². The van der Waals surface area contributed by atoms with Crippen molar-refractivity contribution in [1.82, 2.24) is 0 Å². The third kappa shape index (κ3) is 1.21. The molecular weight excluding hydrogens is 196 g/mol. The predicted molar refractivity (Wildman–Crippen MR) is 66.0 cm³/mol. The first-order chi connectivity index (χ1) is 7.36. The van der Waals surface area contributed by atoms with Crippen LogP contribution < -0.4 is 0 Å². The Kier molecular flexibility index (Phi) is 1.98. The van der Waals surface area contributed by atoms with Crippen LogP contribution in [0.1, 0.15) is 53.4 Å². The summed E-state index contributed by atoms with van der Waals surface area (Å²) in [5, 5.41) is 10.6. The van der Waals surface area contributed by atoms with E-state index >= 15 is 0 Å². The van der Waals surface area contributed by atoms with Crippen LogP contribution >= 0.6 is 0 Å². The lowest BCUT2D eigenvalue weighted by Crippen LogP contribution is -2.34. The second kappa shape index (κ2) is 2.93. The number of hydrogen-bond acceptors (Lipinski definition) is 1. The van der Waals surface area contributed by atoms with Crippen LogP contribution in [0.15, 0.2) is 11.1 Å². The molecule has 0 radical (unpaired) electrons. The molecule has 0 amide bonds. The number of fused-ring (bicyclic) bond motifs is 3. The van der Waals surface area contributed by atoms with Crippen LogP contribution in [0.2, 0.25) is 0 Å². The van der Waals surface area contributed by atoms with E-state index in [1.165, 1.54) is 19.3 Å². The van der Waals surface area contributed by atoms with E-state index < -0.39 is 5.60 Å². The standard InChI is InChI=1S/C15H24O/c1-9-5-6-10-12(9)13-11(14(13,2)3)7-8-15(10,4)16/h10-11,13,16H,5-8H2,1-4H3/t10-,11+,13+,15-/m1/s1. The summed E-state index contributed by atoms with van der Waals surface area (Å²) in [7, 11) is 0. The second-order valence-corrected chi connectivity index (χ2v) is 7.13. The molecule has 3 rings (SSSR count). The molecule has 0 spiro atoms. The molecule has 0 bridgehead atoms. The Hall–Kier alpha value is -0.300. The van der Waals surface area contributed by atoms with Crippen LogP contribution in [0.5, 0.6) is 0 Å². The number of allylic oxidation sites excluding steroid dienone is 1. The van der Waals surface area contributed by atoms with Gasteiger partial charge in [-0.25, -0.2) is 0 Å². The Morgan fingerprint density at radius 3 is 2.56 bits per heavy atom. The summed E-state index contributed by atoms with van der Waals surface area (Å²) in [6.07, 6.45) is 4.62. The number of rotatable bonds is 0. The summed E-state index contributed by atoms with van der Waals surface area (Å²) in [6, 6.07) is 0. The molecular formula is C15H24O. The van der Waals surface area contributed by atoms with Crippen LogP contribution in [0, 0.1) is 23.2 Å². The molecule has 2 saturated carbocycles. The molecule has 1 nitrogen and oxygen atoms in total. The van der Waals surface area contributed by atoms with Gasteiger partial charge in [0.05, 0.1) is 5.60 Å². The van der Waals surface area contributed by atoms with Crippen molar-refractivity contribution in [3.05, 3.63) is 11.1 Å². The van der Waals surface area contributed by atoms with Crippen molar-refractivity contribution in [1.29, 1.82) is 0 Å². The van der Waals surface area contributed by atoms with E-state index in [1.807, 2.05) is 0 Å². The van der Waals surface area contributed by atoms with E-state index in [0.717, 1.165) is 18.3 Å². The monoisotopic (exact) mass is 220 g/mol. The normalized spacial score (nSPS) is 49.7. The van der Waals surface area contributed by atoms with Crippen molar-refractivity contribution in [2.24, 2.45) is 23.2 Å². The second-order valence-electron chi connectivity index (χ2n) is 7.13. The minimum atomic E-state index is -0.434. The summed E-state index contributed by atoms with van der Waals surface area (Å²) in [4.78, 5) is 0. The molecule has 0 unspecified atom stereocenters. The fourth-order valence-electron chi connectivity index (χ4n) is 4.61. The highest BCUT2D eigenvalue weighted by Crippen LogP contribution is 2.69. The van der Waals surface area contributed by atoms with Gasteiger partial charge in [-0.3, -0.25) is 0 Å². The maximum Gasteiger partial charge on any atom is 0.0685 e. The van der Waals surface area contributed by atoms with Crippen LogP contribution in [-0.2, 0) is 0 Å². The summed E-state index contributed by atoms with van der Waals surface area (Å²) in [5.41, 5.74) is 3.32. The minimum absolute atomic E-state index is 0.434. The minimum Gasteiger partial charge on any atom is -0.390 e. The third-order valence-electron chi connectivity index (χ3n) is 5.77. The van der Waals surface area contributed by atoms with Gasteiger partial charge < -0.3 is 5.11 Å². The van der Waals surface area contributed by atoms with E-state index in [1.54, 1.807) is 11.1 Å². The molecule has 2 fully saturated rings. The Bertz CT molecular complexity index is 362. The fourth-order valence-corrected chi connectivity index (χ4v) is 4.61. The number of aliphatic hydroxyl groups is 1. The van der Waals surface area contributed by atoms with Gasteiger partial charge in [0.15, 0.2) is 0 Å². The van der Waals surface area contributed by atoms with Crippen LogP contribution in [-0.4, -0.2) is 10.7 Å². The SMILES string of the molecule is CC1=C2[C@@H]3[C@H](CC[C@@](C)(O)[C@@H]2CC1)C3(C)C. The smallest absolute Gasteiger partial charge is 0.0685 e. The zero-order chi connectivity index (χ0) is 11.7. The zero-order valence-electron chi connectivity index (χ0n) is 11.0. The average molecular weight is 220 g/mol. The maximum absolute atomic E-state index is 10.6. The van der Waals surface area contributed by atoms with Gasteiger partial charge in [-0.15, -0.1) is 0 Å². The van der Waals surface area contributed by atoms with Crippen molar-refractivity contribution in [3.63, 3.8) is 0 Å². The van der Waals surface area contributed by atoms with Gasteiger partial charge >= 0.3 is 0 Å². The molecule has 0 heterocycles. The quantitative estimate of drug-likeness (QED) is 0.619.